The zero-order valence-electron chi connectivity index (χ0n) is 19.7. The summed E-state index contributed by atoms with van der Waals surface area (Å²) >= 11 is 5.71. The highest BCUT2D eigenvalue weighted by Crippen LogP contribution is 2.14. The van der Waals surface area contributed by atoms with E-state index in [0.29, 0.717) is 5.88 Å². The molecule has 2 nitrogen and oxygen atoms in total. The molecule has 1 N–H and O–H groups in total. The topological polar surface area (TPSA) is 20.2 Å². The van der Waals surface area contributed by atoms with Crippen LogP contribution in [-0.2, 0) is 0 Å². The summed E-state index contributed by atoms with van der Waals surface area (Å²) in [5.74, 6) is 0.348. The van der Waals surface area contributed by atoms with E-state index in [1.807, 2.05) is 0 Å². The Morgan fingerprint density at radius 2 is 0.929 bits per heavy atom. The van der Waals surface area contributed by atoms with Gasteiger partial charge < -0.3 is 9.59 Å². The van der Waals surface area contributed by atoms with E-state index < -0.39 is 0 Å². The maximum atomic E-state index is 9.70. The van der Waals surface area contributed by atoms with Crippen molar-refractivity contribution in [2.75, 3.05) is 33.1 Å². The van der Waals surface area contributed by atoms with Crippen molar-refractivity contribution in [3.63, 3.8) is 0 Å². The number of quaternary nitrogens is 1. The molecule has 3 heteroatoms. The molecule has 0 amide bonds. The Bertz CT molecular complexity index is 309. The minimum Gasteiger partial charge on any atom is -0.386 e. The first-order valence-corrected chi connectivity index (χ1v) is 13.1. The predicted molar refractivity (Wildman–Crippen MR) is 127 cm³/mol. The molecular formula is C25H53ClNO+. The van der Waals surface area contributed by atoms with Crippen molar-refractivity contribution >= 4 is 11.6 Å². The predicted octanol–water partition coefficient (Wildman–Crippen LogP) is 7.70. The van der Waals surface area contributed by atoms with Crippen molar-refractivity contribution in [3.8, 4) is 0 Å². The van der Waals surface area contributed by atoms with E-state index in [1.165, 1.54) is 116 Å². The smallest absolute Gasteiger partial charge is 0.116 e. The number of hydrogen-bond acceptors (Lipinski definition) is 1. The highest BCUT2D eigenvalue weighted by molar-refractivity contribution is 6.18. The van der Waals surface area contributed by atoms with Crippen LogP contribution in [0, 0.1) is 0 Å². The van der Waals surface area contributed by atoms with Crippen molar-refractivity contribution in [1.29, 1.82) is 0 Å². The molecule has 0 aliphatic carbocycles. The average molecular weight is 419 g/mol. The van der Waals surface area contributed by atoms with Crippen molar-refractivity contribution in [1.82, 2.24) is 0 Å². The summed E-state index contributed by atoms with van der Waals surface area (Å²) in [6.07, 6.45) is 25.2. The molecule has 0 aromatic heterocycles. The molecule has 0 bridgehead atoms. The van der Waals surface area contributed by atoms with Gasteiger partial charge in [0.15, 0.2) is 0 Å². The third-order valence-corrected chi connectivity index (χ3v) is 6.36. The van der Waals surface area contributed by atoms with Gasteiger partial charge in [0, 0.05) is 0 Å². The van der Waals surface area contributed by atoms with Gasteiger partial charge in [-0.2, -0.15) is 0 Å². The highest BCUT2D eigenvalue weighted by atomic mass is 35.5. The molecule has 0 aromatic carbocycles. The Labute approximate surface area is 183 Å². The summed E-state index contributed by atoms with van der Waals surface area (Å²) in [7, 11) is 4.40. The van der Waals surface area contributed by atoms with Crippen molar-refractivity contribution in [2.24, 2.45) is 0 Å². The number of hydrogen-bond donors (Lipinski definition) is 1. The summed E-state index contributed by atoms with van der Waals surface area (Å²) in [5.41, 5.74) is 0. The van der Waals surface area contributed by atoms with Gasteiger partial charge >= 0.3 is 0 Å². The molecule has 1 atom stereocenters. The molecule has 0 fully saturated rings. The van der Waals surface area contributed by atoms with Crippen LogP contribution in [0.2, 0.25) is 0 Å². The standard InChI is InChI=1S/C25H53ClNO/c1-4-5-6-7-8-9-10-11-12-13-14-15-16-17-18-19-20-21-22-27(2,3)24-25(28)23-26/h25,28H,4-24H2,1-3H3/q+1. The van der Waals surface area contributed by atoms with E-state index in [1.54, 1.807) is 0 Å². The van der Waals surface area contributed by atoms with E-state index in [-0.39, 0.29) is 6.10 Å². The lowest BCUT2D eigenvalue weighted by molar-refractivity contribution is -0.893. The van der Waals surface area contributed by atoms with Gasteiger partial charge in [-0.05, 0) is 12.8 Å². The number of unbranched alkanes of at least 4 members (excludes halogenated alkanes) is 17. The number of likely N-dealkylation sites (N-methyl/N-ethyl adjacent to an activating group) is 1. The zero-order chi connectivity index (χ0) is 20.9. The fourth-order valence-electron chi connectivity index (χ4n) is 4.15. The first-order valence-electron chi connectivity index (χ1n) is 12.6. The summed E-state index contributed by atoms with van der Waals surface area (Å²) in [6, 6.07) is 0. The van der Waals surface area contributed by atoms with Crippen LogP contribution in [0.3, 0.4) is 0 Å². The number of aliphatic hydroxyl groups is 1. The summed E-state index contributed by atoms with van der Waals surface area (Å²) in [5, 5.41) is 9.70. The summed E-state index contributed by atoms with van der Waals surface area (Å²) in [4.78, 5) is 0. The molecule has 0 saturated carbocycles. The summed E-state index contributed by atoms with van der Waals surface area (Å²) < 4.78 is 0.882. The van der Waals surface area contributed by atoms with Gasteiger partial charge in [-0.15, -0.1) is 11.6 Å². The molecule has 0 saturated heterocycles. The molecule has 170 valence electrons. The second-order valence-corrected chi connectivity index (χ2v) is 9.97. The van der Waals surface area contributed by atoms with E-state index in [4.69, 9.17) is 11.6 Å². The lowest BCUT2D eigenvalue weighted by Gasteiger charge is -2.31. The molecule has 1 unspecified atom stereocenters. The van der Waals surface area contributed by atoms with Crippen LogP contribution in [-0.4, -0.2) is 48.8 Å². The first-order chi connectivity index (χ1) is 13.5. The van der Waals surface area contributed by atoms with E-state index in [0.717, 1.165) is 17.6 Å². The monoisotopic (exact) mass is 418 g/mol. The van der Waals surface area contributed by atoms with E-state index in [9.17, 15) is 5.11 Å². The van der Waals surface area contributed by atoms with Crippen molar-refractivity contribution in [2.45, 2.75) is 129 Å². The van der Waals surface area contributed by atoms with Crippen LogP contribution in [0.15, 0.2) is 0 Å². The molecule has 0 radical (unpaired) electrons. The fourth-order valence-corrected chi connectivity index (χ4v) is 4.25. The number of aliphatic hydroxyl groups excluding tert-OH is 1. The lowest BCUT2D eigenvalue weighted by Crippen LogP contribution is -2.46. The van der Waals surface area contributed by atoms with Gasteiger partial charge in [0.2, 0.25) is 0 Å². The quantitative estimate of drug-likeness (QED) is 0.108. The molecule has 0 aliphatic heterocycles. The molecular weight excluding hydrogens is 366 g/mol. The number of alkyl halides is 1. The number of rotatable bonds is 22. The van der Waals surface area contributed by atoms with Gasteiger partial charge in [-0.3, -0.25) is 0 Å². The Kier molecular flexibility index (Phi) is 20.6. The maximum Gasteiger partial charge on any atom is 0.116 e. The molecule has 0 rings (SSSR count). The van der Waals surface area contributed by atoms with Crippen LogP contribution in [0.4, 0.5) is 0 Å². The largest absolute Gasteiger partial charge is 0.386 e. The average Bonchev–Trinajstić information content (AvgIpc) is 2.66. The number of halogens is 1. The minimum absolute atomic E-state index is 0.348. The van der Waals surface area contributed by atoms with Crippen LogP contribution < -0.4 is 0 Å². The van der Waals surface area contributed by atoms with Gasteiger partial charge in [0.1, 0.15) is 12.6 Å². The summed E-state index contributed by atoms with van der Waals surface area (Å²) in [6.45, 7) is 4.20. The van der Waals surface area contributed by atoms with Gasteiger partial charge in [-0.25, -0.2) is 0 Å². The Balaban J connectivity index is 3.20. The first kappa shape index (κ1) is 28.2. The van der Waals surface area contributed by atoms with E-state index >= 15 is 0 Å². The van der Waals surface area contributed by atoms with Gasteiger partial charge in [0.25, 0.3) is 0 Å². The fraction of sp³-hybridized carbons (Fsp3) is 1.00. The second kappa shape index (κ2) is 20.5. The molecule has 0 spiro atoms. The SMILES string of the molecule is CCCCCCCCCCCCCCCCCCCC[N+](C)(C)CC(O)CCl. The van der Waals surface area contributed by atoms with Crippen molar-refractivity contribution in [3.05, 3.63) is 0 Å². The third kappa shape index (κ3) is 20.9. The Hall–Kier alpha value is 0.210. The second-order valence-electron chi connectivity index (χ2n) is 9.66. The Morgan fingerprint density at radius 1 is 0.607 bits per heavy atom. The molecule has 28 heavy (non-hydrogen) atoms. The minimum atomic E-state index is -0.368. The lowest BCUT2D eigenvalue weighted by atomic mass is 10.0. The van der Waals surface area contributed by atoms with Gasteiger partial charge in [-0.1, -0.05) is 110 Å². The van der Waals surface area contributed by atoms with Crippen LogP contribution in [0.25, 0.3) is 0 Å². The van der Waals surface area contributed by atoms with Crippen molar-refractivity contribution < 1.29 is 9.59 Å². The highest BCUT2D eigenvalue weighted by Gasteiger charge is 2.19. The van der Waals surface area contributed by atoms with Crippen LogP contribution in [0.1, 0.15) is 122 Å². The maximum absolute atomic E-state index is 9.70. The normalized spacial score (nSPS) is 13.2. The van der Waals surface area contributed by atoms with Crippen LogP contribution >= 0.6 is 11.6 Å². The van der Waals surface area contributed by atoms with Gasteiger partial charge in [0.05, 0.1) is 26.5 Å². The molecule has 0 aromatic rings. The molecule has 0 aliphatic rings. The van der Waals surface area contributed by atoms with E-state index in [2.05, 4.69) is 21.0 Å². The van der Waals surface area contributed by atoms with Crippen LogP contribution in [0.5, 0.6) is 0 Å². The zero-order valence-corrected chi connectivity index (χ0v) is 20.5. The third-order valence-electron chi connectivity index (χ3n) is 6.00. The number of nitrogens with zero attached hydrogens (tertiary/aromatic N) is 1. The Morgan fingerprint density at radius 3 is 1.25 bits per heavy atom. The molecule has 0 heterocycles.